The molecule has 118 valence electrons. The molecule has 6 nitrogen and oxygen atoms in total. The molecule has 0 spiro atoms. The lowest BCUT2D eigenvalue weighted by atomic mass is 10.2. The van der Waals surface area contributed by atoms with Crippen molar-refractivity contribution in [3.63, 3.8) is 0 Å². The summed E-state index contributed by atoms with van der Waals surface area (Å²) in [6.45, 7) is 1.03. The first-order chi connectivity index (χ1) is 11.3. The SMILES string of the molecule is COc1ccc(C(=O)N/N=C\c2cccc3c2OCCO3)cc1. The fourth-order valence-electron chi connectivity index (χ4n) is 2.17. The van der Waals surface area contributed by atoms with Crippen LogP contribution in [0, 0.1) is 0 Å². The average Bonchev–Trinajstić information content (AvgIpc) is 2.62. The largest absolute Gasteiger partial charge is 0.497 e. The number of nitrogens with one attached hydrogen (secondary N) is 1. The molecule has 23 heavy (non-hydrogen) atoms. The van der Waals surface area contributed by atoms with Crippen LogP contribution in [0.5, 0.6) is 17.2 Å². The third kappa shape index (κ3) is 3.42. The summed E-state index contributed by atoms with van der Waals surface area (Å²) in [6.07, 6.45) is 1.54. The minimum Gasteiger partial charge on any atom is -0.497 e. The summed E-state index contributed by atoms with van der Waals surface area (Å²) >= 11 is 0. The van der Waals surface area contributed by atoms with Gasteiger partial charge < -0.3 is 14.2 Å². The maximum atomic E-state index is 12.0. The molecule has 0 radical (unpaired) electrons. The predicted octanol–water partition coefficient (Wildman–Crippen LogP) is 2.23. The lowest BCUT2D eigenvalue weighted by molar-refractivity contribution is 0.0955. The number of hydrogen-bond acceptors (Lipinski definition) is 5. The van der Waals surface area contributed by atoms with Crippen LogP contribution in [0.4, 0.5) is 0 Å². The van der Waals surface area contributed by atoms with E-state index in [1.54, 1.807) is 31.4 Å². The summed E-state index contributed by atoms with van der Waals surface area (Å²) in [5.41, 5.74) is 3.73. The molecular weight excluding hydrogens is 296 g/mol. The zero-order valence-electron chi connectivity index (χ0n) is 12.6. The van der Waals surface area contributed by atoms with E-state index in [0.717, 1.165) is 5.56 Å². The van der Waals surface area contributed by atoms with E-state index in [9.17, 15) is 4.79 Å². The Morgan fingerprint density at radius 1 is 1.17 bits per heavy atom. The molecule has 0 aliphatic carbocycles. The third-order valence-corrected chi connectivity index (χ3v) is 3.32. The molecule has 0 atom stereocenters. The van der Waals surface area contributed by atoms with Crippen LogP contribution in [0.3, 0.4) is 0 Å². The van der Waals surface area contributed by atoms with Gasteiger partial charge in [0.25, 0.3) is 5.91 Å². The van der Waals surface area contributed by atoms with Crippen molar-refractivity contribution in [2.24, 2.45) is 5.10 Å². The zero-order chi connectivity index (χ0) is 16.1. The van der Waals surface area contributed by atoms with Gasteiger partial charge in [0.05, 0.1) is 13.3 Å². The maximum absolute atomic E-state index is 12.0. The summed E-state index contributed by atoms with van der Waals surface area (Å²) in [6, 6.07) is 12.3. The van der Waals surface area contributed by atoms with Crippen molar-refractivity contribution in [2.75, 3.05) is 20.3 Å². The van der Waals surface area contributed by atoms with Crippen molar-refractivity contribution in [1.82, 2.24) is 5.43 Å². The van der Waals surface area contributed by atoms with Gasteiger partial charge in [-0.25, -0.2) is 5.43 Å². The summed E-state index contributed by atoms with van der Waals surface area (Å²) in [4.78, 5) is 12.0. The number of nitrogens with zero attached hydrogens (tertiary/aromatic N) is 1. The topological polar surface area (TPSA) is 69.2 Å². The number of hydrogen-bond donors (Lipinski definition) is 1. The molecule has 1 amide bonds. The number of carbonyl (C=O) groups excluding carboxylic acids is 1. The van der Waals surface area contributed by atoms with Gasteiger partial charge in [-0.1, -0.05) is 6.07 Å². The molecule has 0 aromatic heterocycles. The monoisotopic (exact) mass is 312 g/mol. The van der Waals surface area contributed by atoms with Crippen LogP contribution in [0.15, 0.2) is 47.6 Å². The van der Waals surface area contributed by atoms with Crippen molar-refractivity contribution in [1.29, 1.82) is 0 Å². The number of hydrazone groups is 1. The normalized spacial score (nSPS) is 12.9. The second-order valence-electron chi connectivity index (χ2n) is 4.80. The van der Waals surface area contributed by atoms with Gasteiger partial charge in [0.2, 0.25) is 0 Å². The van der Waals surface area contributed by atoms with Crippen LogP contribution in [-0.4, -0.2) is 32.4 Å². The fraction of sp³-hybridized carbons (Fsp3) is 0.176. The second-order valence-corrected chi connectivity index (χ2v) is 4.80. The molecular formula is C17H16N2O4. The zero-order valence-corrected chi connectivity index (χ0v) is 12.6. The van der Waals surface area contributed by atoms with Gasteiger partial charge >= 0.3 is 0 Å². The summed E-state index contributed by atoms with van der Waals surface area (Å²) in [5, 5.41) is 3.98. The minimum atomic E-state index is -0.300. The fourth-order valence-corrected chi connectivity index (χ4v) is 2.17. The van der Waals surface area contributed by atoms with E-state index in [4.69, 9.17) is 14.2 Å². The van der Waals surface area contributed by atoms with Gasteiger partial charge in [-0.3, -0.25) is 4.79 Å². The number of amides is 1. The number of benzene rings is 2. The lowest BCUT2D eigenvalue weighted by Gasteiger charge is -2.19. The Hall–Kier alpha value is -3.02. The van der Waals surface area contributed by atoms with Crippen molar-refractivity contribution in [3.05, 3.63) is 53.6 Å². The highest BCUT2D eigenvalue weighted by Gasteiger charge is 2.14. The molecule has 6 heteroatoms. The van der Waals surface area contributed by atoms with Crippen LogP contribution >= 0.6 is 0 Å². The van der Waals surface area contributed by atoms with Crippen LogP contribution in [-0.2, 0) is 0 Å². The number of fused-ring (bicyclic) bond motifs is 1. The van der Waals surface area contributed by atoms with Gasteiger partial charge in [0.15, 0.2) is 11.5 Å². The number of para-hydroxylation sites is 1. The summed E-state index contributed by atoms with van der Waals surface area (Å²) < 4.78 is 16.1. The quantitative estimate of drug-likeness (QED) is 0.694. The number of ether oxygens (including phenoxy) is 3. The lowest BCUT2D eigenvalue weighted by Crippen LogP contribution is -2.18. The standard InChI is InChI=1S/C17H16N2O4/c1-21-14-7-5-12(6-8-14)17(20)19-18-11-13-3-2-4-15-16(13)23-10-9-22-15/h2-8,11H,9-10H2,1H3,(H,19,20)/b18-11-. The van der Waals surface area contributed by atoms with Gasteiger partial charge in [-0.05, 0) is 36.4 Å². The third-order valence-electron chi connectivity index (χ3n) is 3.32. The molecule has 0 unspecified atom stereocenters. The van der Waals surface area contributed by atoms with E-state index in [-0.39, 0.29) is 5.91 Å². The van der Waals surface area contributed by atoms with Crippen LogP contribution in [0.25, 0.3) is 0 Å². The first-order valence-corrected chi connectivity index (χ1v) is 7.14. The van der Waals surface area contributed by atoms with Gasteiger partial charge in [-0.2, -0.15) is 5.10 Å². The van der Waals surface area contributed by atoms with Crippen molar-refractivity contribution in [3.8, 4) is 17.2 Å². The highest BCUT2D eigenvalue weighted by atomic mass is 16.6. The molecule has 0 saturated heterocycles. The summed E-state index contributed by atoms with van der Waals surface area (Å²) in [7, 11) is 1.58. The van der Waals surface area contributed by atoms with E-state index in [0.29, 0.717) is 36.0 Å². The molecule has 1 aliphatic heterocycles. The first-order valence-electron chi connectivity index (χ1n) is 7.14. The summed E-state index contributed by atoms with van der Waals surface area (Å²) in [5.74, 6) is 1.71. The van der Waals surface area contributed by atoms with Crippen LogP contribution in [0.2, 0.25) is 0 Å². The van der Waals surface area contributed by atoms with Crippen molar-refractivity contribution in [2.45, 2.75) is 0 Å². The highest BCUT2D eigenvalue weighted by Crippen LogP contribution is 2.32. The molecule has 2 aromatic rings. The smallest absolute Gasteiger partial charge is 0.271 e. The van der Waals surface area contributed by atoms with Crippen molar-refractivity contribution >= 4 is 12.1 Å². The number of methoxy groups -OCH3 is 1. The van der Waals surface area contributed by atoms with E-state index < -0.39 is 0 Å². The van der Waals surface area contributed by atoms with Gasteiger partial charge in [0.1, 0.15) is 19.0 Å². The Balaban J connectivity index is 1.68. The average molecular weight is 312 g/mol. The Bertz CT molecular complexity index is 726. The van der Waals surface area contributed by atoms with E-state index >= 15 is 0 Å². The Morgan fingerprint density at radius 2 is 1.96 bits per heavy atom. The molecule has 1 heterocycles. The minimum absolute atomic E-state index is 0.300. The van der Waals surface area contributed by atoms with Gasteiger partial charge in [0, 0.05) is 11.1 Å². The molecule has 0 saturated carbocycles. The molecule has 2 aromatic carbocycles. The Kier molecular flexibility index (Phi) is 4.42. The number of rotatable bonds is 4. The van der Waals surface area contributed by atoms with Crippen LogP contribution in [0.1, 0.15) is 15.9 Å². The van der Waals surface area contributed by atoms with E-state index in [1.807, 2.05) is 18.2 Å². The number of carbonyl (C=O) groups is 1. The Labute approximate surface area is 133 Å². The van der Waals surface area contributed by atoms with E-state index in [2.05, 4.69) is 10.5 Å². The predicted molar refractivity (Wildman–Crippen MR) is 85.5 cm³/mol. The van der Waals surface area contributed by atoms with Crippen molar-refractivity contribution < 1.29 is 19.0 Å². The molecule has 3 rings (SSSR count). The highest BCUT2D eigenvalue weighted by molar-refractivity contribution is 5.95. The second kappa shape index (κ2) is 6.83. The maximum Gasteiger partial charge on any atom is 0.271 e. The van der Waals surface area contributed by atoms with Crippen LogP contribution < -0.4 is 19.6 Å². The Morgan fingerprint density at radius 3 is 2.74 bits per heavy atom. The molecule has 0 bridgehead atoms. The molecule has 1 N–H and O–H groups in total. The van der Waals surface area contributed by atoms with E-state index in [1.165, 1.54) is 6.21 Å². The molecule has 1 aliphatic rings. The molecule has 0 fully saturated rings. The first kappa shape index (κ1) is 14.9. The van der Waals surface area contributed by atoms with Gasteiger partial charge in [-0.15, -0.1) is 0 Å².